The second-order valence-electron chi connectivity index (χ2n) is 7.66. The van der Waals surface area contributed by atoms with Crippen molar-refractivity contribution in [3.8, 4) is 5.75 Å². The van der Waals surface area contributed by atoms with Crippen LogP contribution >= 0.6 is 23.4 Å². The molecular formula is C24H23ClN2O4S. The van der Waals surface area contributed by atoms with Crippen molar-refractivity contribution in [3.05, 3.63) is 69.6 Å². The number of hydrogen-bond acceptors (Lipinski definition) is 5. The first-order valence-electron chi connectivity index (χ1n) is 10.5. The number of ether oxygens (including phenoxy) is 1. The third-order valence-electron chi connectivity index (χ3n) is 5.38. The first kappa shape index (κ1) is 22.4. The number of piperidine rings is 1. The van der Waals surface area contributed by atoms with Crippen LogP contribution in [0.4, 0.5) is 4.79 Å². The monoisotopic (exact) mass is 470 g/mol. The molecule has 2 aromatic carbocycles. The number of hydrogen-bond donors (Lipinski definition) is 0. The lowest BCUT2D eigenvalue weighted by molar-refractivity contribution is -0.136. The lowest BCUT2D eigenvalue weighted by Crippen LogP contribution is -2.44. The van der Waals surface area contributed by atoms with Gasteiger partial charge < -0.3 is 9.64 Å². The molecule has 6 nitrogen and oxygen atoms in total. The summed E-state index contributed by atoms with van der Waals surface area (Å²) >= 11 is 7.02. The highest BCUT2D eigenvalue weighted by Gasteiger charge is 2.37. The highest BCUT2D eigenvalue weighted by Crippen LogP contribution is 2.33. The third kappa shape index (κ3) is 5.34. The van der Waals surface area contributed by atoms with Crippen molar-refractivity contribution in [1.82, 2.24) is 9.80 Å². The van der Waals surface area contributed by atoms with Crippen LogP contribution in [-0.2, 0) is 16.2 Å². The molecule has 0 spiro atoms. The molecule has 2 aromatic rings. The van der Waals surface area contributed by atoms with E-state index in [-0.39, 0.29) is 12.5 Å². The molecule has 0 saturated carbocycles. The summed E-state index contributed by atoms with van der Waals surface area (Å²) in [5.74, 6) is 0.00847. The van der Waals surface area contributed by atoms with Crippen molar-refractivity contribution in [2.75, 3.05) is 19.6 Å². The molecule has 2 aliphatic heterocycles. The van der Waals surface area contributed by atoms with Gasteiger partial charge in [0.1, 0.15) is 18.9 Å². The Labute approximate surface area is 196 Å². The Balaban J connectivity index is 1.41. The van der Waals surface area contributed by atoms with Gasteiger partial charge in [-0.05, 0) is 60.9 Å². The maximum atomic E-state index is 12.8. The van der Waals surface area contributed by atoms with Gasteiger partial charge in [0.05, 0.1) is 4.91 Å². The second-order valence-corrected chi connectivity index (χ2v) is 9.06. The van der Waals surface area contributed by atoms with Crippen molar-refractivity contribution in [2.45, 2.75) is 25.9 Å². The first-order chi connectivity index (χ1) is 15.5. The minimum Gasteiger partial charge on any atom is -0.489 e. The van der Waals surface area contributed by atoms with Crippen molar-refractivity contribution in [3.63, 3.8) is 0 Å². The molecule has 2 heterocycles. The summed E-state index contributed by atoms with van der Waals surface area (Å²) in [6.45, 7) is 1.49. The minimum atomic E-state index is -0.437. The van der Waals surface area contributed by atoms with Crippen LogP contribution in [0.15, 0.2) is 53.4 Å². The Bertz CT molecular complexity index is 1070. The molecule has 2 saturated heterocycles. The quantitative estimate of drug-likeness (QED) is 0.558. The maximum absolute atomic E-state index is 12.8. The van der Waals surface area contributed by atoms with Crippen LogP contribution in [0.3, 0.4) is 0 Å². The molecule has 0 aromatic heterocycles. The maximum Gasteiger partial charge on any atom is 0.294 e. The van der Waals surface area contributed by atoms with E-state index in [2.05, 4.69) is 0 Å². The largest absolute Gasteiger partial charge is 0.489 e. The highest BCUT2D eigenvalue weighted by molar-refractivity contribution is 8.18. The smallest absolute Gasteiger partial charge is 0.294 e. The first-order valence-corrected chi connectivity index (χ1v) is 11.7. The molecule has 2 aliphatic rings. The molecule has 4 rings (SSSR count). The fraction of sp³-hybridized carbons (Fsp3) is 0.292. The van der Waals surface area contributed by atoms with E-state index in [1.807, 2.05) is 42.5 Å². The van der Waals surface area contributed by atoms with Crippen LogP contribution in [0, 0.1) is 0 Å². The normalized spacial score (nSPS) is 17.8. The van der Waals surface area contributed by atoms with Gasteiger partial charge in [-0.3, -0.25) is 19.3 Å². The van der Waals surface area contributed by atoms with Crippen molar-refractivity contribution in [1.29, 1.82) is 0 Å². The van der Waals surface area contributed by atoms with E-state index in [4.69, 9.17) is 16.3 Å². The van der Waals surface area contributed by atoms with Crippen LogP contribution in [0.1, 0.15) is 30.4 Å². The fourth-order valence-electron chi connectivity index (χ4n) is 3.64. The van der Waals surface area contributed by atoms with Crippen molar-refractivity contribution < 1.29 is 19.1 Å². The van der Waals surface area contributed by atoms with Crippen LogP contribution in [0.25, 0.3) is 6.08 Å². The number of carbonyl (C=O) groups excluding carboxylic acids is 3. The number of imide groups is 1. The average Bonchev–Trinajstić information content (AvgIpc) is 3.06. The topological polar surface area (TPSA) is 66.9 Å². The number of thioether (sulfide) groups is 1. The summed E-state index contributed by atoms with van der Waals surface area (Å²) < 4.78 is 5.83. The Hall–Kier alpha value is -2.77. The molecular weight excluding hydrogens is 448 g/mol. The molecule has 2 fully saturated rings. The standard InChI is InChI=1S/C24H23ClN2O4S/c25-20-10-3-2-8-18(20)16-31-19-9-6-7-17(13-19)14-21-23(29)27(24(30)32-21)15-22(28)26-11-4-1-5-12-26/h2-3,6-10,13-14H,1,4-5,11-12,15-16H2/b21-14-. The number of likely N-dealkylation sites (tertiary alicyclic amines) is 1. The van der Waals surface area contributed by atoms with Gasteiger partial charge in [0, 0.05) is 23.7 Å². The molecule has 3 amide bonds. The molecule has 0 bridgehead atoms. The molecule has 166 valence electrons. The SMILES string of the molecule is O=C(CN1C(=O)S/C(=C\c2cccc(OCc3ccccc3Cl)c2)C1=O)N1CCCCC1. The molecule has 0 unspecified atom stereocenters. The zero-order chi connectivity index (χ0) is 22.5. The Morgan fingerprint density at radius 2 is 1.84 bits per heavy atom. The summed E-state index contributed by atoms with van der Waals surface area (Å²) in [4.78, 5) is 40.7. The van der Waals surface area contributed by atoms with Crippen molar-refractivity contribution in [2.24, 2.45) is 0 Å². The summed E-state index contributed by atoms with van der Waals surface area (Å²) in [6.07, 6.45) is 4.68. The summed E-state index contributed by atoms with van der Waals surface area (Å²) in [5, 5.41) is 0.217. The predicted octanol–water partition coefficient (Wildman–Crippen LogP) is 4.97. The molecule has 0 radical (unpaired) electrons. The van der Waals surface area contributed by atoms with E-state index in [9.17, 15) is 14.4 Å². The Morgan fingerprint density at radius 1 is 1.06 bits per heavy atom. The highest BCUT2D eigenvalue weighted by atomic mass is 35.5. The van der Waals surface area contributed by atoms with Gasteiger partial charge in [-0.15, -0.1) is 0 Å². The number of benzene rings is 2. The molecule has 0 N–H and O–H groups in total. The fourth-order valence-corrected chi connectivity index (χ4v) is 4.67. The summed E-state index contributed by atoms with van der Waals surface area (Å²) in [5.41, 5.74) is 1.61. The van der Waals surface area contributed by atoms with Gasteiger partial charge in [-0.25, -0.2) is 0 Å². The van der Waals surface area contributed by atoms with Gasteiger partial charge in [0.15, 0.2) is 0 Å². The van der Waals surface area contributed by atoms with Crippen LogP contribution < -0.4 is 4.74 Å². The van der Waals surface area contributed by atoms with Crippen molar-refractivity contribution >= 4 is 46.5 Å². The molecule has 0 atom stereocenters. The lowest BCUT2D eigenvalue weighted by Gasteiger charge is -2.27. The summed E-state index contributed by atoms with van der Waals surface area (Å²) in [7, 11) is 0. The van der Waals surface area contributed by atoms with E-state index in [1.165, 1.54) is 0 Å². The third-order valence-corrected chi connectivity index (χ3v) is 6.66. The number of amides is 3. The molecule has 32 heavy (non-hydrogen) atoms. The molecule has 8 heteroatoms. The van der Waals surface area contributed by atoms with Crippen LogP contribution in [-0.4, -0.2) is 46.5 Å². The van der Waals surface area contributed by atoms with E-state index in [1.54, 1.807) is 17.0 Å². The lowest BCUT2D eigenvalue weighted by atomic mass is 10.1. The minimum absolute atomic E-state index is 0.178. The molecule has 0 aliphatic carbocycles. The number of carbonyl (C=O) groups is 3. The van der Waals surface area contributed by atoms with Crippen LogP contribution in [0.5, 0.6) is 5.75 Å². The zero-order valence-corrected chi connectivity index (χ0v) is 19.0. The summed E-state index contributed by atoms with van der Waals surface area (Å²) in [6, 6.07) is 14.7. The zero-order valence-electron chi connectivity index (χ0n) is 17.5. The number of rotatable bonds is 6. The Kier molecular flexibility index (Phi) is 7.17. The number of halogens is 1. The predicted molar refractivity (Wildman–Crippen MR) is 125 cm³/mol. The van der Waals surface area contributed by atoms with Crippen LogP contribution in [0.2, 0.25) is 5.02 Å². The van der Waals surface area contributed by atoms with Gasteiger partial charge >= 0.3 is 0 Å². The van der Waals surface area contributed by atoms with Gasteiger partial charge in [-0.1, -0.05) is 41.9 Å². The van der Waals surface area contributed by atoms with E-state index < -0.39 is 11.1 Å². The van der Waals surface area contributed by atoms with E-state index in [0.29, 0.717) is 35.4 Å². The average molecular weight is 471 g/mol. The van der Waals surface area contributed by atoms with Gasteiger partial charge in [-0.2, -0.15) is 0 Å². The van der Waals surface area contributed by atoms with Gasteiger partial charge in [0.25, 0.3) is 11.1 Å². The second kappa shape index (κ2) is 10.2. The van der Waals surface area contributed by atoms with E-state index in [0.717, 1.165) is 47.1 Å². The Morgan fingerprint density at radius 3 is 2.62 bits per heavy atom. The van der Waals surface area contributed by atoms with Gasteiger partial charge in [0.2, 0.25) is 5.91 Å². The van der Waals surface area contributed by atoms with E-state index >= 15 is 0 Å². The number of nitrogens with zero attached hydrogens (tertiary/aromatic N) is 2.